The number of ether oxygens (including phenoxy) is 2. The average Bonchev–Trinajstić information content (AvgIpc) is 3.44. The second-order valence-electron chi connectivity index (χ2n) is 7.73. The fourth-order valence-electron chi connectivity index (χ4n) is 4.39. The number of fused-ring (bicyclic) bond motifs is 3. The van der Waals surface area contributed by atoms with Crippen LogP contribution in [0.25, 0.3) is 22.2 Å². The summed E-state index contributed by atoms with van der Waals surface area (Å²) in [6, 6.07) is 13.5. The lowest BCUT2D eigenvalue weighted by Gasteiger charge is -2.24. The highest BCUT2D eigenvalue weighted by molar-refractivity contribution is 6.00. The van der Waals surface area contributed by atoms with Crippen LogP contribution >= 0.6 is 0 Å². The molecule has 1 atom stereocenters. The summed E-state index contributed by atoms with van der Waals surface area (Å²) in [7, 11) is 3.30. The van der Waals surface area contributed by atoms with E-state index in [9.17, 15) is 4.79 Å². The molecule has 0 fully saturated rings. The van der Waals surface area contributed by atoms with Gasteiger partial charge in [0.2, 0.25) is 0 Å². The third kappa shape index (κ3) is 3.42. The number of nitrogens with one attached hydrogen (secondary N) is 3. The number of carbonyl (C=O) groups excluding carboxylic acids is 1. The minimum atomic E-state index is -0.145. The maximum absolute atomic E-state index is 13.2. The first kappa shape index (κ1) is 19.2. The first-order valence-electron chi connectivity index (χ1n) is 10.3. The van der Waals surface area contributed by atoms with E-state index in [1.165, 1.54) is 5.56 Å². The number of aromatic nitrogens is 3. The fourth-order valence-corrected chi connectivity index (χ4v) is 4.39. The Labute approximate surface area is 179 Å². The van der Waals surface area contributed by atoms with Gasteiger partial charge < -0.3 is 19.8 Å². The van der Waals surface area contributed by atoms with Crippen LogP contribution in [0.5, 0.6) is 11.5 Å². The zero-order valence-corrected chi connectivity index (χ0v) is 17.5. The molecule has 31 heavy (non-hydrogen) atoms. The van der Waals surface area contributed by atoms with Gasteiger partial charge in [-0.25, -0.2) is 0 Å². The Balaban J connectivity index is 1.43. The minimum Gasteiger partial charge on any atom is -0.497 e. The van der Waals surface area contributed by atoms with Gasteiger partial charge in [-0.1, -0.05) is 0 Å². The van der Waals surface area contributed by atoms with Gasteiger partial charge in [0.05, 0.1) is 37.7 Å². The molecule has 2 aromatic carbocycles. The molecule has 0 saturated carbocycles. The van der Waals surface area contributed by atoms with Crippen molar-refractivity contribution in [3.63, 3.8) is 0 Å². The zero-order chi connectivity index (χ0) is 21.4. The van der Waals surface area contributed by atoms with Gasteiger partial charge in [-0.15, -0.1) is 0 Å². The van der Waals surface area contributed by atoms with E-state index in [2.05, 4.69) is 26.6 Å². The van der Waals surface area contributed by atoms with E-state index in [1.807, 2.05) is 36.4 Å². The van der Waals surface area contributed by atoms with Crippen molar-refractivity contribution in [1.29, 1.82) is 0 Å². The van der Waals surface area contributed by atoms with E-state index in [0.29, 0.717) is 11.3 Å². The summed E-state index contributed by atoms with van der Waals surface area (Å²) in [5.74, 6) is 1.45. The summed E-state index contributed by atoms with van der Waals surface area (Å²) in [6.07, 6.45) is 4.46. The Bertz CT molecular complexity index is 1240. The molecular formula is C24H24N4O3. The summed E-state index contributed by atoms with van der Waals surface area (Å²) < 4.78 is 10.6. The molecule has 2 heterocycles. The molecular weight excluding hydrogens is 392 g/mol. The number of rotatable bonds is 5. The van der Waals surface area contributed by atoms with Crippen molar-refractivity contribution in [3.8, 4) is 22.8 Å². The highest BCUT2D eigenvalue weighted by Crippen LogP contribution is 2.36. The van der Waals surface area contributed by atoms with Gasteiger partial charge in [0.15, 0.2) is 0 Å². The molecule has 1 aliphatic rings. The molecule has 0 unspecified atom stereocenters. The largest absolute Gasteiger partial charge is 0.497 e. The van der Waals surface area contributed by atoms with Gasteiger partial charge in [0.1, 0.15) is 11.5 Å². The normalized spacial score (nSPS) is 15.5. The standard InChI is InChI=1S/C24H24N4O3/c1-30-15-8-6-14(7-9-15)22-19(13-25-28-22)24(29)27-21-5-3-4-17-18-12-16(31-2)10-11-20(18)26-23(17)21/h6-13,21,26H,3-5H2,1-2H3,(H,25,28)(H,27,29)/t21-/m1/s1. The molecule has 7 heteroatoms. The number of hydrogen-bond acceptors (Lipinski definition) is 4. The minimum absolute atomic E-state index is 0.0757. The molecule has 1 aliphatic carbocycles. The van der Waals surface area contributed by atoms with Crippen LogP contribution in [0.4, 0.5) is 0 Å². The van der Waals surface area contributed by atoms with E-state index in [4.69, 9.17) is 9.47 Å². The Morgan fingerprint density at radius 3 is 2.65 bits per heavy atom. The zero-order valence-electron chi connectivity index (χ0n) is 17.5. The van der Waals surface area contributed by atoms with E-state index >= 15 is 0 Å². The van der Waals surface area contributed by atoms with Gasteiger partial charge in [0.25, 0.3) is 5.91 Å². The Hall–Kier alpha value is -3.74. The highest BCUT2D eigenvalue weighted by Gasteiger charge is 2.27. The lowest BCUT2D eigenvalue weighted by molar-refractivity contribution is 0.0932. The molecule has 0 spiro atoms. The van der Waals surface area contributed by atoms with E-state index in [1.54, 1.807) is 20.4 Å². The van der Waals surface area contributed by atoms with Gasteiger partial charge >= 0.3 is 0 Å². The van der Waals surface area contributed by atoms with Crippen molar-refractivity contribution in [1.82, 2.24) is 20.5 Å². The van der Waals surface area contributed by atoms with Crippen LogP contribution in [0.3, 0.4) is 0 Å². The Morgan fingerprint density at radius 2 is 1.87 bits per heavy atom. The fraction of sp³-hybridized carbons (Fsp3) is 0.250. The SMILES string of the molecule is COc1ccc(-c2[nH]ncc2C(=O)N[C@@H]2CCCc3c2[nH]c2ccc(OC)cc32)cc1. The van der Waals surface area contributed by atoms with Gasteiger partial charge in [-0.2, -0.15) is 5.10 Å². The van der Waals surface area contributed by atoms with Crippen molar-refractivity contribution in [2.45, 2.75) is 25.3 Å². The summed E-state index contributed by atoms with van der Waals surface area (Å²) in [6.45, 7) is 0. The van der Waals surface area contributed by atoms with E-state index in [-0.39, 0.29) is 11.9 Å². The number of carbonyl (C=O) groups is 1. The van der Waals surface area contributed by atoms with Gasteiger partial charge in [-0.3, -0.25) is 9.89 Å². The second-order valence-corrected chi connectivity index (χ2v) is 7.73. The summed E-state index contributed by atoms with van der Waals surface area (Å²) in [5, 5.41) is 11.4. The number of hydrogen-bond donors (Lipinski definition) is 3. The number of benzene rings is 2. The third-order valence-corrected chi connectivity index (χ3v) is 5.98. The molecule has 0 saturated heterocycles. The van der Waals surface area contributed by atoms with Crippen molar-refractivity contribution in [2.75, 3.05) is 14.2 Å². The van der Waals surface area contributed by atoms with Crippen molar-refractivity contribution in [2.24, 2.45) is 0 Å². The quantitative estimate of drug-likeness (QED) is 0.450. The first-order chi connectivity index (χ1) is 15.2. The molecule has 0 aliphatic heterocycles. The number of amides is 1. The Morgan fingerprint density at radius 1 is 1.10 bits per heavy atom. The van der Waals surface area contributed by atoms with Crippen LogP contribution < -0.4 is 14.8 Å². The van der Waals surface area contributed by atoms with E-state index in [0.717, 1.165) is 52.9 Å². The smallest absolute Gasteiger partial charge is 0.255 e. The second kappa shape index (κ2) is 7.83. The molecule has 158 valence electrons. The van der Waals surface area contributed by atoms with E-state index < -0.39 is 0 Å². The number of aromatic amines is 2. The van der Waals surface area contributed by atoms with Crippen LogP contribution in [0, 0.1) is 0 Å². The van der Waals surface area contributed by atoms with Gasteiger partial charge in [0, 0.05) is 22.2 Å². The van der Waals surface area contributed by atoms with Crippen LogP contribution in [-0.2, 0) is 6.42 Å². The Kier molecular flexibility index (Phi) is 4.86. The molecule has 1 amide bonds. The third-order valence-electron chi connectivity index (χ3n) is 5.98. The maximum atomic E-state index is 13.2. The van der Waals surface area contributed by atoms with Crippen LogP contribution in [0.15, 0.2) is 48.7 Å². The average molecular weight is 416 g/mol. The monoisotopic (exact) mass is 416 g/mol. The van der Waals surface area contributed by atoms with Crippen LogP contribution in [0.2, 0.25) is 0 Å². The predicted molar refractivity (Wildman–Crippen MR) is 119 cm³/mol. The number of H-pyrrole nitrogens is 2. The number of nitrogens with zero attached hydrogens (tertiary/aromatic N) is 1. The molecule has 5 rings (SSSR count). The summed E-state index contributed by atoms with van der Waals surface area (Å²) >= 11 is 0. The predicted octanol–water partition coefficient (Wildman–Crippen LogP) is 4.38. The van der Waals surface area contributed by atoms with Crippen LogP contribution in [0.1, 0.15) is 40.5 Å². The topological polar surface area (TPSA) is 92.0 Å². The molecule has 0 bridgehead atoms. The molecule has 7 nitrogen and oxygen atoms in total. The van der Waals surface area contributed by atoms with Crippen molar-refractivity contribution in [3.05, 3.63) is 65.5 Å². The van der Waals surface area contributed by atoms with Gasteiger partial charge in [-0.05, 0) is 67.3 Å². The van der Waals surface area contributed by atoms with Crippen LogP contribution in [-0.4, -0.2) is 35.3 Å². The number of methoxy groups -OCH3 is 2. The van der Waals surface area contributed by atoms with Crippen molar-refractivity contribution >= 4 is 16.8 Å². The molecule has 4 aromatic rings. The lowest BCUT2D eigenvalue weighted by Crippen LogP contribution is -2.31. The first-order valence-corrected chi connectivity index (χ1v) is 10.3. The van der Waals surface area contributed by atoms with Crippen molar-refractivity contribution < 1.29 is 14.3 Å². The lowest BCUT2D eigenvalue weighted by atomic mass is 9.91. The summed E-state index contributed by atoms with van der Waals surface area (Å²) in [4.78, 5) is 16.7. The highest BCUT2D eigenvalue weighted by atomic mass is 16.5. The maximum Gasteiger partial charge on any atom is 0.255 e. The molecule has 2 aromatic heterocycles. The molecule has 3 N–H and O–H groups in total. The molecule has 0 radical (unpaired) electrons. The summed E-state index contributed by atoms with van der Waals surface area (Å²) in [5.41, 5.74) is 5.50. The number of aryl methyl sites for hydroxylation is 1.